The summed E-state index contributed by atoms with van der Waals surface area (Å²) in [5.74, 6) is 0.0393. The highest BCUT2D eigenvalue weighted by Gasteiger charge is 2.08. The van der Waals surface area contributed by atoms with Crippen LogP contribution >= 0.6 is 11.3 Å². The van der Waals surface area contributed by atoms with Gasteiger partial charge in [0.2, 0.25) is 5.91 Å². The van der Waals surface area contributed by atoms with Crippen molar-refractivity contribution < 1.29 is 4.79 Å². The number of unbranched alkanes of at least 4 members (excludes halogenated alkanes) is 8. The summed E-state index contributed by atoms with van der Waals surface area (Å²) in [6.45, 7) is 2.24. The van der Waals surface area contributed by atoms with Crippen molar-refractivity contribution in [2.24, 2.45) is 0 Å². The van der Waals surface area contributed by atoms with Gasteiger partial charge in [-0.2, -0.15) is 5.10 Å². The third-order valence-corrected chi connectivity index (χ3v) is 4.79. The Morgan fingerprint density at radius 2 is 1.83 bits per heavy atom. The molecule has 0 aliphatic carbocycles. The third kappa shape index (κ3) is 6.78. The van der Waals surface area contributed by atoms with E-state index < -0.39 is 0 Å². The Kier molecular flexibility index (Phi) is 8.45. The number of hydrogen-bond acceptors (Lipinski definition) is 5. The predicted octanol–water partition coefficient (Wildman–Crippen LogP) is 4.58. The van der Waals surface area contributed by atoms with E-state index in [-0.39, 0.29) is 5.91 Å². The number of hydrogen-bond donors (Lipinski definition) is 1. The number of rotatable bonds is 12. The van der Waals surface area contributed by atoms with E-state index >= 15 is 0 Å². The van der Waals surface area contributed by atoms with Crippen LogP contribution in [0.5, 0.6) is 0 Å². The molecule has 1 amide bonds. The van der Waals surface area contributed by atoms with Crippen molar-refractivity contribution in [1.82, 2.24) is 19.7 Å². The molecule has 0 aromatic carbocycles. The first-order chi connectivity index (χ1) is 11.8. The molecule has 0 fully saturated rings. The number of thiazole rings is 1. The lowest BCUT2D eigenvalue weighted by Crippen LogP contribution is -2.10. The van der Waals surface area contributed by atoms with Crippen LogP contribution < -0.4 is 5.32 Å². The van der Waals surface area contributed by atoms with Gasteiger partial charge in [0.15, 0.2) is 5.13 Å². The minimum absolute atomic E-state index is 0.0393. The molecule has 24 heavy (non-hydrogen) atoms. The van der Waals surface area contributed by atoms with E-state index in [1.807, 2.05) is 0 Å². The molecule has 0 aliphatic heterocycles. The Hall–Kier alpha value is -1.76. The number of nitrogens with one attached hydrogen (secondary N) is 1. The summed E-state index contributed by atoms with van der Waals surface area (Å²) in [6.07, 6.45) is 16.6. The molecule has 2 aromatic rings. The molecule has 2 heterocycles. The number of carbonyl (C=O) groups is 1. The smallest absolute Gasteiger partial charge is 0.226 e. The van der Waals surface area contributed by atoms with Crippen molar-refractivity contribution in [3.8, 4) is 5.00 Å². The van der Waals surface area contributed by atoms with Crippen LogP contribution in [-0.4, -0.2) is 25.7 Å². The van der Waals surface area contributed by atoms with Gasteiger partial charge in [-0.1, -0.05) is 69.6 Å². The summed E-state index contributed by atoms with van der Waals surface area (Å²) in [7, 11) is 0. The van der Waals surface area contributed by atoms with Crippen molar-refractivity contribution in [1.29, 1.82) is 0 Å². The number of anilines is 1. The molecule has 0 unspecified atom stereocenters. The zero-order chi connectivity index (χ0) is 17.0. The van der Waals surface area contributed by atoms with E-state index in [1.165, 1.54) is 62.6 Å². The number of carbonyl (C=O) groups excluding carboxylic acids is 1. The molecule has 1 N–H and O–H groups in total. The number of amides is 1. The summed E-state index contributed by atoms with van der Waals surface area (Å²) < 4.78 is 1.63. The van der Waals surface area contributed by atoms with Crippen LogP contribution in [0.4, 0.5) is 5.13 Å². The van der Waals surface area contributed by atoms with Gasteiger partial charge in [-0.15, -0.1) is 0 Å². The first-order valence-corrected chi connectivity index (χ1v) is 9.72. The second-order valence-corrected chi connectivity index (χ2v) is 6.98. The van der Waals surface area contributed by atoms with Crippen molar-refractivity contribution in [2.45, 2.75) is 71.1 Å². The van der Waals surface area contributed by atoms with Crippen LogP contribution in [0.25, 0.3) is 5.00 Å². The van der Waals surface area contributed by atoms with Crippen LogP contribution in [0.1, 0.15) is 71.1 Å². The predicted molar refractivity (Wildman–Crippen MR) is 97.5 cm³/mol. The minimum atomic E-state index is 0.0393. The van der Waals surface area contributed by atoms with Crippen LogP contribution in [0.2, 0.25) is 0 Å². The average Bonchev–Trinajstić information content (AvgIpc) is 3.24. The Morgan fingerprint density at radius 3 is 2.50 bits per heavy atom. The van der Waals surface area contributed by atoms with Gasteiger partial charge >= 0.3 is 0 Å². The fraction of sp³-hybridized carbons (Fsp3) is 0.647. The molecule has 0 aliphatic rings. The number of aromatic nitrogens is 4. The fourth-order valence-electron chi connectivity index (χ4n) is 2.53. The van der Waals surface area contributed by atoms with E-state index in [1.54, 1.807) is 17.2 Å². The largest absolute Gasteiger partial charge is 0.302 e. The van der Waals surface area contributed by atoms with E-state index in [0.29, 0.717) is 11.6 Å². The summed E-state index contributed by atoms with van der Waals surface area (Å²) in [5, 5.41) is 8.35. The quantitative estimate of drug-likeness (QED) is 0.569. The standard InChI is InChI=1S/C17H27N5OS/c1-2-3-4-5-6-7-8-9-10-11-15(23)21-17-19-12-16(24-17)22-14-18-13-20-22/h12-14H,2-11H2,1H3,(H,19,21,23). The van der Waals surface area contributed by atoms with Crippen LogP contribution in [0.3, 0.4) is 0 Å². The molecule has 0 bridgehead atoms. The molecule has 132 valence electrons. The highest BCUT2D eigenvalue weighted by molar-refractivity contribution is 7.18. The topological polar surface area (TPSA) is 72.7 Å². The molecular weight excluding hydrogens is 322 g/mol. The van der Waals surface area contributed by atoms with Crippen LogP contribution in [0.15, 0.2) is 18.9 Å². The fourth-order valence-corrected chi connectivity index (χ4v) is 3.29. The van der Waals surface area contributed by atoms with Crippen molar-refractivity contribution >= 4 is 22.4 Å². The van der Waals surface area contributed by atoms with Gasteiger partial charge in [-0.05, 0) is 6.42 Å². The van der Waals surface area contributed by atoms with Gasteiger partial charge < -0.3 is 5.32 Å². The molecule has 0 radical (unpaired) electrons. The Balaban J connectivity index is 1.54. The highest BCUT2D eigenvalue weighted by atomic mass is 32.1. The van der Waals surface area contributed by atoms with Gasteiger partial charge in [-0.25, -0.2) is 14.6 Å². The molecule has 0 saturated carbocycles. The molecular formula is C17H27N5OS. The molecule has 2 aromatic heterocycles. The van der Waals surface area contributed by atoms with Crippen molar-refractivity contribution in [2.75, 3.05) is 5.32 Å². The minimum Gasteiger partial charge on any atom is -0.302 e. The Bertz CT molecular complexity index is 582. The first kappa shape index (κ1) is 18.6. The van der Waals surface area contributed by atoms with Gasteiger partial charge in [0, 0.05) is 6.42 Å². The second-order valence-electron chi connectivity index (χ2n) is 5.97. The summed E-state index contributed by atoms with van der Waals surface area (Å²) >= 11 is 1.39. The van der Waals surface area contributed by atoms with Crippen LogP contribution in [0, 0.1) is 0 Å². The van der Waals surface area contributed by atoms with E-state index in [9.17, 15) is 4.79 Å². The highest BCUT2D eigenvalue weighted by Crippen LogP contribution is 2.21. The normalized spacial score (nSPS) is 10.9. The summed E-state index contributed by atoms with van der Waals surface area (Å²) in [5.41, 5.74) is 0. The molecule has 2 rings (SSSR count). The maximum Gasteiger partial charge on any atom is 0.226 e. The zero-order valence-electron chi connectivity index (χ0n) is 14.4. The van der Waals surface area contributed by atoms with Crippen molar-refractivity contribution in [3.63, 3.8) is 0 Å². The lowest BCUT2D eigenvalue weighted by Gasteiger charge is -2.03. The van der Waals surface area contributed by atoms with Gasteiger partial charge in [0.25, 0.3) is 0 Å². The van der Waals surface area contributed by atoms with E-state index in [2.05, 4.69) is 27.3 Å². The van der Waals surface area contributed by atoms with Gasteiger partial charge in [0.05, 0.1) is 6.20 Å². The molecule has 0 atom stereocenters. The maximum absolute atomic E-state index is 11.9. The molecule has 7 heteroatoms. The zero-order valence-corrected chi connectivity index (χ0v) is 15.2. The SMILES string of the molecule is CCCCCCCCCCCC(=O)Nc1ncc(-n2cncn2)s1. The molecule has 0 saturated heterocycles. The first-order valence-electron chi connectivity index (χ1n) is 8.90. The lowest BCUT2D eigenvalue weighted by molar-refractivity contribution is -0.116. The molecule has 0 spiro atoms. The monoisotopic (exact) mass is 349 g/mol. The van der Waals surface area contributed by atoms with Gasteiger partial charge in [0.1, 0.15) is 17.7 Å². The van der Waals surface area contributed by atoms with Gasteiger partial charge in [-0.3, -0.25) is 4.79 Å². The summed E-state index contributed by atoms with van der Waals surface area (Å²) in [4.78, 5) is 20.0. The summed E-state index contributed by atoms with van der Waals surface area (Å²) in [6, 6.07) is 0. The average molecular weight is 350 g/mol. The van der Waals surface area contributed by atoms with Crippen LogP contribution in [-0.2, 0) is 4.79 Å². The Labute approximate surface area is 147 Å². The maximum atomic E-state index is 11.9. The Morgan fingerprint density at radius 1 is 1.12 bits per heavy atom. The second kappa shape index (κ2) is 10.9. The van der Waals surface area contributed by atoms with E-state index in [4.69, 9.17) is 0 Å². The number of nitrogens with zero attached hydrogens (tertiary/aromatic N) is 4. The lowest BCUT2D eigenvalue weighted by atomic mass is 10.1. The van der Waals surface area contributed by atoms with E-state index in [0.717, 1.165) is 17.8 Å². The molecule has 6 nitrogen and oxygen atoms in total. The van der Waals surface area contributed by atoms with Crippen molar-refractivity contribution in [3.05, 3.63) is 18.9 Å². The third-order valence-electron chi connectivity index (χ3n) is 3.89.